The molecule has 2 aromatic rings. The van der Waals surface area contributed by atoms with Crippen molar-refractivity contribution in [3.63, 3.8) is 0 Å². The van der Waals surface area contributed by atoms with Crippen LogP contribution in [-0.4, -0.2) is 57.7 Å². The summed E-state index contributed by atoms with van der Waals surface area (Å²) >= 11 is 0. The number of rotatable bonds is 8. The predicted molar refractivity (Wildman–Crippen MR) is 125 cm³/mol. The molecule has 2 aromatic heterocycles. The SMILES string of the molecule is CCCCNC(=O)C1CCC(C)N(C(=O)CCc2c(C)nc3c(c(OC)nn3C)c2C)C1. The van der Waals surface area contributed by atoms with Gasteiger partial charge in [-0.3, -0.25) is 9.59 Å². The van der Waals surface area contributed by atoms with Crippen molar-refractivity contribution in [1.82, 2.24) is 25.0 Å². The molecule has 2 unspecified atom stereocenters. The number of carbonyl (C=O) groups is 2. The third-order valence-corrected chi connectivity index (χ3v) is 6.71. The predicted octanol–water partition coefficient (Wildman–Crippen LogP) is 3.07. The lowest BCUT2D eigenvalue weighted by Crippen LogP contribution is -2.49. The average Bonchev–Trinajstić information content (AvgIpc) is 3.09. The molecule has 176 valence electrons. The Labute approximate surface area is 190 Å². The highest BCUT2D eigenvalue weighted by Crippen LogP contribution is 2.31. The minimum absolute atomic E-state index is 0.0770. The number of ether oxygens (including phenoxy) is 1. The quantitative estimate of drug-likeness (QED) is 0.634. The molecule has 1 aliphatic rings. The molecule has 1 aliphatic heterocycles. The maximum absolute atomic E-state index is 13.2. The summed E-state index contributed by atoms with van der Waals surface area (Å²) in [5.74, 6) is 0.614. The van der Waals surface area contributed by atoms with Gasteiger partial charge < -0.3 is 15.0 Å². The molecule has 0 aliphatic carbocycles. The zero-order valence-electron chi connectivity index (χ0n) is 20.3. The van der Waals surface area contributed by atoms with Crippen molar-refractivity contribution < 1.29 is 14.3 Å². The van der Waals surface area contributed by atoms with Crippen LogP contribution in [0.15, 0.2) is 0 Å². The van der Waals surface area contributed by atoms with Gasteiger partial charge in [0.15, 0.2) is 5.65 Å². The third kappa shape index (κ3) is 4.89. The summed E-state index contributed by atoms with van der Waals surface area (Å²) in [5, 5.41) is 8.33. The van der Waals surface area contributed by atoms with E-state index in [1.165, 1.54) is 0 Å². The molecule has 0 saturated carbocycles. The Hall–Kier alpha value is -2.64. The van der Waals surface area contributed by atoms with Gasteiger partial charge in [0.1, 0.15) is 0 Å². The second-order valence-corrected chi connectivity index (χ2v) is 8.95. The summed E-state index contributed by atoms with van der Waals surface area (Å²) in [6, 6.07) is 0.156. The van der Waals surface area contributed by atoms with Crippen molar-refractivity contribution in [2.45, 2.75) is 72.3 Å². The molecule has 1 fully saturated rings. The molecule has 2 amide bonds. The maximum atomic E-state index is 13.2. The number of amides is 2. The molecule has 0 spiro atoms. The molecule has 3 rings (SSSR count). The first-order valence-electron chi connectivity index (χ1n) is 11.7. The zero-order chi connectivity index (χ0) is 23.4. The van der Waals surface area contributed by atoms with Crippen LogP contribution < -0.4 is 10.1 Å². The first-order chi connectivity index (χ1) is 15.3. The number of likely N-dealkylation sites (tertiary alicyclic amines) is 1. The minimum Gasteiger partial charge on any atom is -0.479 e. The van der Waals surface area contributed by atoms with Crippen LogP contribution in [0.3, 0.4) is 0 Å². The number of unbranched alkanes of at least 4 members (excludes halogenated alkanes) is 1. The van der Waals surface area contributed by atoms with Crippen LogP contribution in [0.25, 0.3) is 11.0 Å². The summed E-state index contributed by atoms with van der Waals surface area (Å²) in [7, 11) is 3.46. The largest absolute Gasteiger partial charge is 0.479 e. The molecular formula is C24H37N5O3. The lowest BCUT2D eigenvalue weighted by molar-refractivity contribution is -0.138. The Morgan fingerprint density at radius 2 is 2.00 bits per heavy atom. The molecule has 0 bridgehead atoms. The average molecular weight is 444 g/mol. The van der Waals surface area contributed by atoms with E-state index in [1.54, 1.807) is 11.8 Å². The fourth-order valence-electron chi connectivity index (χ4n) is 4.68. The Bertz CT molecular complexity index is 984. The number of pyridine rings is 1. The van der Waals surface area contributed by atoms with Crippen LogP contribution in [-0.2, 0) is 23.1 Å². The lowest BCUT2D eigenvalue weighted by atomic mass is 9.92. The Kier molecular flexibility index (Phi) is 7.74. The molecule has 8 heteroatoms. The van der Waals surface area contributed by atoms with Crippen LogP contribution >= 0.6 is 0 Å². The number of fused-ring (bicyclic) bond motifs is 1. The molecule has 3 heterocycles. The summed E-state index contributed by atoms with van der Waals surface area (Å²) in [4.78, 5) is 32.3. The summed E-state index contributed by atoms with van der Waals surface area (Å²) < 4.78 is 7.17. The van der Waals surface area contributed by atoms with Crippen LogP contribution in [0.4, 0.5) is 0 Å². The van der Waals surface area contributed by atoms with E-state index in [0.717, 1.165) is 53.5 Å². The van der Waals surface area contributed by atoms with Crippen molar-refractivity contribution >= 4 is 22.8 Å². The first-order valence-corrected chi connectivity index (χ1v) is 11.7. The molecular weight excluding hydrogens is 406 g/mol. The highest BCUT2D eigenvalue weighted by Gasteiger charge is 2.32. The third-order valence-electron chi connectivity index (χ3n) is 6.71. The molecule has 0 aromatic carbocycles. The van der Waals surface area contributed by atoms with Crippen molar-refractivity contribution in [1.29, 1.82) is 0 Å². The molecule has 32 heavy (non-hydrogen) atoms. The van der Waals surface area contributed by atoms with Crippen LogP contribution in [0, 0.1) is 19.8 Å². The van der Waals surface area contributed by atoms with Gasteiger partial charge in [-0.25, -0.2) is 9.67 Å². The number of hydrogen-bond acceptors (Lipinski definition) is 5. The number of piperidine rings is 1. The van der Waals surface area contributed by atoms with Gasteiger partial charge in [-0.1, -0.05) is 13.3 Å². The number of aryl methyl sites for hydroxylation is 3. The van der Waals surface area contributed by atoms with E-state index >= 15 is 0 Å². The number of carbonyl (C=O) groups excluding carboxylic acids is 2. The summed E-state index contributed by atoms with van der Waals surface area (Å²) in [6.45, 7) is 9.42. The molecule has 2 atom stereocenters. The van der Waals surface area contributed by atoms with Gasteiger partial charge in [0.25, 0.3) is 0 Å². The topological polar surface area (TPSA) is 89.3 Å². The van der Waals surface area contributed by atoms with Crippen LogP contribution in [0.1, 0.15) is 62.8 Å². The highest BCUT2D eigenvalue weighted by molar-refractivity contribution is 5.86. The second-order valence-electron chi connectivity index (χ2n) is 8.95. The second kappa shape index (κ2) is 10.3. The fourth-order valence-corrected chi connectivity index (χ4v) is 4.68. The number of hydrogen-bond donors (Lipinski definition) is 1. The Morgan fingerprint density at radius 3 is 2.69 bits per heavy atom. The van der Waals surface area contributed by atoms with Gasteiger partial charge >= 0.3 is 0 Å². The van der Waals surface area contributed by atoms with Crippen molar-refractivity contribution in [3.8, 4) is 5.88 Å². The summed E-state index contributed by atoms with van der Waals surface area (Å²) in [6.07, 6.45) is 4.73. The molecule has 0 radical (unpaired) electrons. The maximum Gasteiger partial charge on any atom is 0.242 e. The standard InChI is InChI=1S/C24H37N5O3/c1-7-8-13-25-23(31)18-10-9-15(2)29(14-18)20(30)12-11-19-16(3)21-22(26-17(19)4)28(5)27-24(21)32-6/h15,18H,7-14H2,1-6H3,(H,25,31). The van der Waals surface area contributed by atoms with Gasteiger partial charge in [0.2, 0.25) is 17.7 Å². The zero-order valence-corrected chi connectivity index (χ0v) is 20.3. The molecule has 1 N–H and O–H groups in total. The summed E-state index contributed by atoms with van der Waals surface area (Å²) in [5.41, 5.74) is 3.82. The van der Waals surface area contributed by atoms with Crippen molar-refractivity contribution in [2.24, 2.45) is 13.0 Å². The van der Waals surface area contributed by atoms with Gasteiger partial charge in [-0.15, -0.1) is 5.10 Å². The Morgan fingerprint density at radius 1 is 1.25 bits per heavy atom. The number of aromatic nitrogens is 3. The lowest BCUT2D eigenvalue weighted by Gasteiger charge is -2.37. The minimum atomic E-state index is -0.117. The smallest absolute Gasteiger partial charge is 0.242 e. The number of nitrogens with zero attached hydrogens (tertiary/aromatic N) is 4. The van der Waals surface area contributed by atoms with E-state index in [9.17, 15) is 9.59 Å². The van der Waals surface area contributed by atoms with Crippen molar-refractivity contribution in [2.75, 3.05) is 20.2 Å². The van der Waals surface area contributed by atoms with E-state index in [4.69, 9.17) is 9.72 Å². The van der Waals surface area contributed by atoms with E-state index < -0.39 is 0 Å². The van der Waals surface area contributed by atoms with Gasteiger partial charge in [-0.2, -0.15) is 0 Å². The monoisotopic (exact) mass is 443 g/mol. The Balaban J connectivity index is 1.70. The van der Waals surface area contributed by atoms with E-state index in [2.05, 4.69) is 24.3 Å². The van der Waals surface area contributed by atoms with E-state index in [-0.39, 0.29) is 23.8 Å². The van der Waals surface area contributed by atoms with Crippen LogP contribution in [0.5, 0.6) is 5.88 Å². The molecule has 1 saturated heterocycles. The van der Waals surface area contributed by atoms with Crippen molar-refractivity contribution in [3.05, 3.63) is 16.8 Å². The van der Waals surface area contributed by atoms with E-state index in [1.807, 2.05) is 25.8 Å². The highest BCUT2D eigenvalue weighted by atomic mass is 16.5. The number of nitrogens with one attached hydrogen (secondary N) is 1. The van der Waals surface area contributed by atoms with Gasteiger partial charge in [0.05, 0.1) is 18.4 Å². The van der Waals surface area contributed by atoms with Gasteiger partial charge in [0, 0.05) is 38.3 Å². The fraction of sp³-hybridized carbons (Fsp3) is 0.667. The first kappa shape index (κ1) is 24.0. The van der Waals surface area contributed by atoms with E-state index in [0.29, 0.717) is 31.8 Å². The van der Waals surface area contributed by atoms with Crippen LogP contribution in [0.2, 0.25) is 0 Å². The normalized spacial score (nSPS) is 18.8. The number of methoxy groups -OCH3 is 1. The molecule has 8 nitrogen and oxygen atoms in total. The van der Waals surface area contributed by atoms with Gasteiger partial charge in [-0.05, 0) is 57.6 Å².